The molecular weight excluding hydrogens is 326 g/mol. The van der Waals surface area contributed by atoms with Crippen molar-refractivity contribution in [3.63, 3.8) is 0 Å². The van der Waals surface area contributed by atoms with Crippen LogP contribution in [0.2, 0.25) is 0 Å². The molecule has 4 rings (SSSR count). The summed E-state index contributed by atoms with van der Waals surface area (Å²) >= 11 is 1.38. The zero-order chi connectivity index (χ0) is 16.7. The summed E-state index contributed by atoms with van der Waals surface area (Å²) < 4.78 is 0. The van der Waals surface area contributed by atoms with E-state index in [0.29, 0.717) is 23.7 Å². The number of thiophene rings is 1. The fourth-order valence-electron chi connectivity index (χ4n) is 3.15. The van der Waals surface area contributed by atoms with E-state index in [4.69, 9.17) is 0 Å². The molecule has 2 aliphatic heterocycles. The Bertz CT molecular complexity index is 791. The van der Waals surface area contributed by atoms with Crippen LogP contribution in [0.15, 0.2) is 47.8 Å². The summed E-state index contributed by atoms with van der Waals surface area (Å²) in [5, 5.41) is 1.85. The second-order valence-corrected chi connectivity index (χ2v) is 6.68. The van der Waals surface area contributed by atoms with E-state index >= 15 is 0 Å². The van der Waals surface area contributed by atoms with Crippen LogP contribution in [-0.4, -0.2) is 53.3 Å². The summed E-state index contributed by atoms with van der Waals surface area (Å²) in [7, 11) is 0. The SMILES string of the molecule is O=C(c1cccs1)N1CCN2C(=O)N(c3ccccc3)C(=O)C2C1. The molecule has 0 bridgehead atoms. The first-order valence-electron chi connectivity index (χ1n) is 7.69. The number of hydrogen-bond donors (Lipinski definition) is 0. The highest BCUT2D eigenvalue weighted by Crippen LogP contribution is 2.28. The van der Waals surface area contributed by atoms with Gasteiger partial charge in [-0.05, 0) is 23.6 Å². The van der Waals surface area contributed by atoms with Crippen molar-refractivity contribution in [3.8, 4) is 0 Å². The van der Waals surface area contributed by atoms with Gasteiger partial charge in [0.15, 0.2) is 0 Å². The van der Waals surface area contributed by atoms with E-state index < -0.39 is 6.04 Å². The number of anilines is 1. The predicted molar refractivity (Wildman–Crippen MR) is 90.0 cm³/mol. The predicted octanol–water partition coefficient (Wildman–Crippen LogP) is 2.04. The Hall–Kier alpha value is -2.67. The molecule has 122 valence electrons. The van der Waals surface area contributed by atoms with Crippen molar-refractivity contribution in [2.45, 2.75) is 6.04 Å². The van der Waals surface area contributed by atoms with Crippen LogP contribution in [0, 0.1) is 0 Å². The Morgan fingerprint density at radius 2 is 1.83 bits per heavy atom. The Labute approximate surface area is 142 Å². The molecule has 0 aliphatic carbocycles. The van der Waals surface area contributed by atoms with E-state index in [1.165, 1.54) is 16.2 Å². The number of fused-ring (bicyclic) bond motifs is 1. The van der Waals surface area contributed by atoms with Crippen LogP contribution < -0.4 is 4.90 Å². The average Bonchev–Trinajstić information content (AvgIpc) is 3.23. The Kier molecular flexibility index (Phi) is 3.57. The molecule has 1 atom stereocenters. The van der Waals surface area contributed by atoms with Crippen molar-refractivity contribution in [2.24, 2.45) is 0 Å². The van der Waals surface area contributed by atoms with Crippen LogP contribution in [0.4, 0.5) is 10.5 Å². The van der Waals surface area contributed by atoms with E-state index in [0.717, 1.165) is 0 Å². The number of benzene rings is 1. The van der Waals surface area contributed by atoms with Crippen molar-refractivity contribution in [2.75, 3.05) is 24.5 Å². The highest BCUT2D eigenvalue weighted by molar-refractivity contribution is 7.12. The van der Waals surface area contributed by atoms with E-state index in [2.05, 4.69) is 0 Å². The first kappa shape index (κ1) is 14.9. The normalized spacial score (nSPS) is 20.5. The number of rotatable bonds is 2. The molecule has 4 amide bonds. The van der Waals surface area contributed by atoms with Gasteiger partial charge in [-0.3, -0.25) is 9.59 Å². The van der Waals surface area contributed by atoms with Crippen molar-refractivity contribution < 1.29 is 14.4 Å². The van der Waals surface area contributed by atoms with Crippen LogP contribution >= 0.6 is 11.3 Å². The second-order valence-electron chi connectivity index (χ2n) is 5.73. The molecule has 7 heteroatoms. The summed E-state index contributed by atoms with van der Waals surface area (Å²) in [5.41, 5.74) is 0.568. The van der Waals surface area contributed by atoms with Gasteiger partial charge in [0, 0.05) is 13.1 Å². The van der Waals surface area contributed by atoms with Crippen LogP contribution in [-0.2, 0) is 4.79 Å². The van der Waals surface area contributed by atoms with E-state index in [9.17, 15) is 14.4 Å². The first-order valence-corrected chi connectivity index (χ1v) is 8.57. The molecule has 1 aromatic heterocycles. The third-order valence-corrected chi connectivity index (χ3v) is 5.21. The molecule has 2 aromatic rings. The lowest BCUT2D eigenvalue weighted by atomic mass is 10.1. The van der Waals surface area contributed by atoms with Gasteiger partial charge in [0.05, 0.1) is 17.1 Å². The molecule has 0 radical (unpaired) electrons. The highest BCUT2D eigenvalue weighted by atomic mass is 32.1. The number of carbonyl (C=O) groups excluding carboxylic acids is 3. The molecule has 0 N–H and O–H groups in total. The van der Waals surface area contributed by atoms with Crippen LogP contribution in [0.25, 0.3) is 0 Å². The molecular formula is C17H15N3O3S. The third kappa shape index (κ3) is 2.28. The van der Waals surface area contributed by atoms with Gasteiger partial charge in [-0.2, -0.15) is 0 Å². The minimum atomic E-state index is -0.602. The number of imide groups is 1. The van der Waals surface area contributed by atoms with Gasteiger partial charge in [-0.1, -0.05) is 24.3 Å². The zero-order valence-electron chi connectivity index (χ0n) is 12.8. The smallest absolute Gasteiger partial charge is 0.332 e. The van der Waals surface area contributed by atoms with Crippen molar-refractivity contribution >= 4 is 34.9 Å². The Balaban J connectivity index is 1.57. The number of urea groups is 1. The van der Waals surface area contributed by atoms with Gasteiger partial charge in [-0.25, -0.2) is 9.69 Å². The average molecular weight is 341 g/mol. The topological polar surface area (TPSA) is 60.9 Å². The largest absolute Gasteiger partial charge is 0.334 e. The first-order chi connectivity index (χ1) is 11.7. The summed E-state index contributed by atoms with van der Waals surface area (Å²) in [6, 6.07) is 11.6. The standard InChI is InChI=1S/C17H15N3O3S/c21-15-13-11-18(16(22)14-7-4-10-24-14)8-9-19(13)17(23)20(15)12-5-2-1-3-6-12/h1-7,10,13H,8-9,11H2. The fraction of sp³-hybridized carbons (Fsp3) is 0.235. The van der Waals surface area contributed by atoms with E-state index in [1.54, 1.807) is 40.1 Å². The van der Waals surface area contributed by atoms with Crippen molar-refractivity contribution in [3.05, 3.63) is 52.7 Å². The van der Waals surface area contributed by atoms with Gasteiger partial charge in [0.2, 0.25) is 0 Å². The number of hydrogen-bond acceptors (Lipinski definition) is 4. The summed E-state index contributed by atoms with van der Waals surface area (Å²) in [6.07, 6.45) is 0. The molecule has 1 aromatic carbocycles. The lowest BCUT2D eigenvalue weighted by molar-refractivity contribution is -0.120. The molecule has 1 unspecified atom stereocenters. The maximum absolute atomic E-state index is 12.7. The second kappa shape index (κ2) is 5.76. The minimum absolute atomic E-state index is 0.0805. The molecule has 2 fully saturated rings. The summed E-state index contributed by atoms with van der Waals surface area (Å²) in [4.78, 5) is 42.9. The lowest BCUT2D eigenvalue weighted by Gasteiger charge is -2.35. The highest BCUT2D eigenvalue weighted by Gasteiger charge is 2.49. The maximum atomic E-state index is 12.7. The number of carbonyl (C=O) groups is 3. The quantitative estimate of drug-likeness (QED) is 0.786. The van der Waals surface area contributed by atoms with Gasteiger partial charge in [0.25, 0.3) is 11.8 Å². The zero-order valence-corrected chi connectivity index (χ0v) is 13.6. The molecule has 6 nitrogen and oxygen atoms in total. The van der Waals surface area contributed by atoms with E-state index in [-0.39, 0.29) is 24.4 Å². The van der Waals surface area contributed by atoms with Crippen molar-refractivity contribution in [1.29, 1.82) is 0 Å². The number of amides is 4. The van der Waals surface area contributed by atoms with Crippen LogP contribution in [0.5, 0.6) is 0 Å². The van der Waals surface area contributed by atoms with Gasteiger partial charge >= 0.3 is 6.03 Å². The van der Waals surface area contributed by atoms with Gasteiger partial charge in [-0.15, -0.1) is 11.3 Å². The van der Waals surface area contributed by atoms with Crippen molar-refractivity contribution in [1.82, 2.24) is 9.80 Å². The fourth-order valence-corrected chi connectivity index (χ4v) is 3.84. The Morgan fingerprint density at radius 3 is 2.54 bits per heavy atom. The van der Waals surface area contributed by atoms with E-state index in [1.807, 2.05) is 17.5 Å². The molecule has 0 spiro atoms. The number of nitrogens with zero attached hydrogens (tertiary/aromatic N) is 3. The molecule has 2 saturated heterocycles. The Morgan fingerprint density at radius 1 is 1.04 bits per heavy atom. The number of para-hydroxylation sites is 1. The van der Waals surface area contributed by atoms with Gasteiger partial charge in [0.1, 0.15) is 6.04 Å². The number of piperazine rings is 1. The monoisotopic (exact) mass is 341 g/mol. The summed E-state index contributed by atoms with van der Waals surface area (Å²) in [5.74, 6) is -0.349. The van der Waals surface area contributed by atoms with Crippen LogP contribution in [0.3, 0.4) is 0 Å². The van der Waals surface area contributed by atoms with Crippen LogP contribution in [0.1, 0.15) is 9.67 Å². The third-order valence-electron chi connectivity index (χ3n) is 4.36. The lowest BCUT2D eigenvalue weighted by Crippen LogP contribution is -2.54. The molecule has 3 heterocycles. The minimum Gasteiger partial charge on any atom is -0.334 e. The molecule has 2 aliphatic rings. The maximum Gasteiger partial charge on any atom is 0.332 e. The van der Waals surface area contributed by atoms with Gasteiger partial charge < -0.3 is 9.80 Å². The summed E-state index contributed by atoms with van der Waals surface area (Å²) in [6.45, 7) is 1.05. The molecule has 0 saturated carbocycles. The molecule has 24 heavy (non-hydrogen) atoms.